The lowest BCUT2D eigenvalue weighted by Crippen LogP contribution is -2.51. The van der Waals surface area contributed by atoms with Crippen LogP contribution in [0.1, 0.15) is 50.7 Å². The Labute approximate surface area is 121 Å². The van der Waals surface area contributed by atoms with Gasteiger partial charge in [0.05, 0.1) is 5.41 Å². The highest BCUT2D eigenvalue weighted by Crippen LogP contribution is 2.45. The topological polar surface area (TPSA) is 55.1 Å². The van der Waals surface area contributed by atoms with Crippen molar-refractivity contribution in [3.05, 3.63) is 29.3 Å². The molecular weight excluding hydrogens is 248 g/mol. The van der Waals surface area contributed by atoms with E-state index in [0.717, 1.165) is 24.1 Å². The van der Waals surface area contributed by atoms with Gasteiger partial charge in [-0.3, -0.25) is 4.79 Å². The van der Waals surface area contributed by atoms with Crippen LogP contribution in [0.3, 0.4) is 0 Å². The summed E-state index contributed by atoms with van der Waals surface area (Å²) < 4.78 is 0. The summed E-state index contributed by atoms with van der Waals surface area (Å²) in [6.07, 6.45) is 1.80. The second-order valence-corrected chi connectivity index (χ2v) is 6.65. The summed E-state index contributed by atoms with van der Waals surface area (Å²) in [5, 5.41) is 3.16. The molecule has 0 unspecified atom stereocenters. The largest absolute Gasteiger partial charge is 0.329 e. The van der Waals surface area contributed by atoms with Crippen LogP contribution in [0.15, 0.2) is 18.2 Å². The minimum absolute atomic E-state index is 0.0919. The molecule has 1 fully saturated rings. The van der Waals surface area contributed by atoms with E-state index >= 15 is 0 Å². The first-order chi connectivity index (χ1) is 9.39. The number of hydrogen-bond acceptors (Lipinski definition) is 2. The van der Waals surface area contributed by atoms with Crippen molar-refractivity contribution in [2.45, 2.75) is 46.5 Å². The van der Waals surface area contributed by atoms with E-state index in [2.05, 4.69) is 32.2 Å². The van der Waals surface area contributed by atoms with Crippen molar-refractivity contribution in [3.63, 3.8) is 0 Å². The highest BCUT2D eigenvalue weighted by Gasteiger charge is 2.47. The number of para-hydroxylation sites is 1. The Hall–Kier alpha value is -1.35. The second kappa shape index (κ2) is 5.57. The molecule has 3 N–H and O–H groups in total. The first-order valence-corrected chi connectivity index (χ1v) is 7.50. The summed E-state index contributed by atoms with van der Waals surface area (Å²) in [5.74, 6) is 1.08. The predicted molar refractivity (Wildman–Crippen MR) is 83.8 cm³/mol. The van der Waals surface area contributed by atoms with Crippen LogP contribution in [0.25, 0.3) is 0 Å². The number of nitrogens with two attached hydrogens (primary N) is 1. The number of rotatable bonds is 4. The molecule has 0 saturated heterocycles. The zero-order valence-electron chi connectivity index (χ0n) is 13.0. The molecule has 0 spiro atoms. The maximum absolute atomic E-state index is 12.6. The van der Waals surface area contributed by atoms with Gasteiger partial charge in [0.1, 0.15) is 0 Å². The zero-order valence-corrected chi connectivity index (χ0v) is 13.0. The fraction of sp³-hybridized carbons (Fsp3) is 0.588. The van der Waals surface area contributed by atoms with Crippen LogP contribution < -0.4 is 11.1 Å². The van der Waals surface area contributed by atoms with Crippen molar-refractivity contribution in [2.24, 2.45) is 17.1 Å². The second-order valence-electron chi connectivity index (χ2n) is 6.65. The van der Waals surface area contributed by atoms with E-state index in [9.17, 15) is 4.79 Å². The molecule has 0 heterocycles. The monoisotopic (exact) mass is 274 g/mol. The number of aryl methyl sites for hydroxylation is 1. The summed E-state index contributed by atoms with van der Waals surface area (Å²) in [6, 6.07) is 6.18. The lowest BCUT2D eigenvalue weighted by Gasteiger charge is -2.44. The molecule has 1 aromatic rings. The molecule has 1 saturated carbocycles. The molecule has 1 aliphatic carbocycles. The maximum Gasteiger partial charge on any atom is 0.231 e. The van der Waals surface area contributed by atoms with Gasteiger partial charge in [-0.2, -0.15) is 0 Å². The molecule has 0 aliphatic heterocycles. The SMILES string of the molecule is Cc1cccc(C(C)C)c1NC(=O)C1(CN)CC(C)C1. The molecule has 0 aromatic heterocycles. The summed E-state index contributed by atoms with van der Waals surface area (Å²) in [7, 11) is 0. The van der Waals surface area contributed by atoms with Gasteiger partial charge in [0, 0.05) is 12.2 Å². The van der Waals surface area contributed by atoms with Crippen molar-refractivity contribution in [1.82, 2.24) is 0 Å². The van der Waals surface area contributed by atoms with Gasteiger partial charge < -0.3 is 11.1 Å². The highest BCUT2D eigenvalue weighted by molar-refractivity contribution is 5.97. The fourth-order valence-corrected chi connectivity index (χ4v) is 3.31. The van der Waals surface area contributed by atoms with E-state index in [1.54, 1.807) is 0 Å². The summed E-state index contributed by atoms with van der Waals surface area (Å²) in [4.78, 5) is 12.6. The quantitative estimate of drug-likeness (QED) is 0.883. The molecule has 0 bridgehead atoms. The first kappa shape index (κ1) is 15.0. The number of carbonyl (C=O) groups is 1. The van der Waals surface area contributed by atoms with Gasteiger partial charge >= 0.3 is 0 Å². The average molecular weight is 274 g/mol. The van der Waals surface area contributed by atoms with Crippen LogP contribution in [0.2, 0.25) is 0 Å². The Morgan fingerprint density at radius 2 is 2.10 bits per heavy atom. The molecule has 1 aliphatic rings. The molecule has 2 rings (SSSR count). The summed E-state index contributed by atoms with van der Waals surface area (Å²) in [6.45, 7) is 8.95. The van der Waals surface area contributed by atoms with Crippen LogP contribution >= 0.6 is 0 Å². The average Bonchev–Trinajstić information content (AvgIpc) is 2.36. The van der Waals surface area contributed by atoms with E-state index in [1.165, 1.54) is 5.56 Å². The first-order valence-electron chi connectivity index (χ1n) is 7.50. The number of hydrogen-bond donors (Lipinski definition) is 2. The molecule has 0 radical (unpaired) electrons. The van der Waals surface area contributed by atoms with Gasteiger partial charge in [-0.05, 0) is 42.7 Å². The fourth-order valence-electron chi connectivity index (χ4n) is 3.31. The minimum Gasteiger partial charge on any atom is -0.329 e. The molecule has 1 amide bonds. The number of carbonyl (C=O) groups excluding carboxylic acids is 1. The molecule has 110 valence electrons. The Morgan fingerprint density at radius 1 is 1.45 bits per heavy atom. The lowest BCUT2D eigenvalue weighted by atomic mass is 9.62. The molecule has 0 atom stereocenters. The number of nitrogens with one attached hydrogen (secondary N) is 1. The zero-order chi connectivity index (χ0) is 14.9. The summed E-state index contributed by atoms with van der Waals surface area (Å²) >= 11 is 0. The predicted octanol–water partition coefficient (Wildman–Crippen LogP) is 3.43. The normalized spacial score (nSPS) is 25.4. The van der Waals surface area contributed by atoms with Crippen LogP contribution in [0, 0.1) is 18.3 Å². The Kier molecular flexibility index (Phi) is 4.19. The van der Waals surface area contributed by atoms with Crippen LogP contribution in [0.4, 0.5) is 5.69 Å². The van der Waals surface area contributed by atoms with E-state index < -0.39 is 0 Å². The number of amides is 1. The van der Waals surface area contributed by atoms with Gasteiger partial charge in [0.2, 0.25) is 5.91 Å². The van der Waals surface area contributed by atoms with Crippen LogP contribution in [-0.2, 0) is 4.79 Å². The van der Waals surface area contributed by atoms with Crippen molar-refractivity contribution >= 4 is 11.6 Å². The van der Waals surface area contributed by atoms with Crippen molar-refractivity contribution in [2.75, 3.05) is 11.9 Å². The Balaban J connectivity index is 2.24. The Bertz CT molecular complexity index is 502. The minimum atomic E-state index is -0.351. The van der Waals surface area contributed by atoms with E-state index in [-0.39, 0.29) is 11.3 Å². The maximum atomic E-state index is 12.6. The standard InChI is InChI=1S/C17H26N2O/c1-11(2)14-7-5-6-13(4)15(14)19-16(20)17(10-18)8-12(3)9-17/h5-7,11-12H,8-10,18H2,1-4H3,(H,19,20). The van der Waals surface area contributed by atoms with E-state index in [4.69, 9.17) is 5.73 Å². The van der Waals surface area contributed by atoms with Gasteiger partial charge in [0.15, 0.2) is 0 Å². The van der Waals surface area contributed by atoms with Crippen LogP contribution in [0.5, 0.6) is 0 Å². The van der Waals surface area contributed by atoms with Gasteiger partial charge in [0.25, 0.3) is 0 Å². The smallest absolute Gasteiger partial charge is 0.231 e. The third-order valence-electron chi connectivity index (χ3n) is 4.52. The molecule has 3 nitrogen and oxygen atoms in total. The van der Waals surface area contributed by atoms with Gasteiger partial charge in [-0.25, -0.2) is 0 Å². The van der Waals surface area contributed by atoms with E-state index in [1.807, 2.05) is 19.1 Å². The Morgan fingerprint density at radius 3 is 2.60 bits per heavy atom. The molecule has 3 heteroatoms. The number of benzene rings is 1. The van der Waals surface area contributed by atoms with Crippen molar-refractivity contribution in [3.8, 4) is 0 Å². The lowest BCUT2D eigenvalue weighted by molar-refractivity contribution is -0.132. The molecular formula is C17H26N2O. The van der Waals surface area contributed by atoms with E-state index in [0.29, 0.717) is 18.4 Å². The van der Waals surface area contributed by atoms with Crippen molar-refractivity contribution in [1.29, 1.82) is 0 Å². The van der Waals surface area contributed by atoms with Gasteiger partial charge in [-0.15, -0.1) is 0 Å². The van der Waals surface area contributed by atoms with Crippen LogP contribution in [-0.4, -0.2) is 12.5 Å². The van der Waals surface area contributed by atoms with Gasteiger partial charge in [-0.1, -0.05) is 39.0 Å². The third kappa shape index (κ3) is 2.59. The number of anilines is 1. The third-order valence-corrected chi connectivity index (χ3v) is 4.52. The summed E-state index contributed by atoms with van der Waals surface area (Å²) in [5.41, 5.74) is 8.79. The molecule has 1 aromatic carbocycles. The molecule has 20 heavy (non-hydrogen) atoms. The highest BCUT2D eigenvalue weighted by atomic mass is 16.2. The van der Waals surface area contributed by atoms with Crippen molar-refractivity contribution < 1.29 is 4.79 Å².